The first-order chi connectivity index (χ1) is 5.88. The topological polar surface area (TPSA) is 12.4 Å². The molecule has 1 aromatic carbocycles. The third-order valence-electron chi connectivity index (χ3n) is 2.33. The monoisotopic (exact) mass is 159 g/mol. The van der Waals surface area contributed by atoms with E-state index in [4.69, 9.17) is 0 Å². The van der Waals surface area contributed by atoms with Crippen molar-refractivity contribution in [1.82, 2.24) is 0 Å². The lowest BCUT2D eigenvalue weighted by Crippen LogP contribution is -1.98. The fourth-order valence-corrected chi connectivity index (χ4v) is 1.66. The lowest BCUT2D eigenvalue weighted by atomic mass is 10.0. The number of hydrogen-bond donors (Lipinski definition) is 0. The molecule has 0 radical (unpaired) electrons. The highest BCUT2D eigenvalue weighted by molar-refractivity contribution is 6.02. The summed E-state index contributed by atoms with van der Waals surface area (Å²) in [5.41, 5.74) is 3.99. The van der Waals surface area contributed by atoms with Crippen LogP contribution in [0.1, 0.15) is 24.0 Å². The normalized spacial score (nSPS) is 16.2. The quantitative estimate of drug-likeness (QED) is 0.597. The summed E-state index contributed by atoms with van der Waals surface area (Å²) in [5, 5.41) is 0. The van der Waals surface area contributed by atoms with Gasteiger partial charge in [-0.2, -0.15) is 0 Å². The van der Waals surface area contributed by atoms with E-state index in [0.29, 0.717) is 0 Å². The molecule has 0 bridgehead atoms. The highest BCUT2D eigenvalue weighted by Crippen LogP contribution is 2.15. The maximum Gasteiger partial charge on any atom is 0.0423 e. The van der Waals surface area contributed by atoms with Gasteiger partial charge in [0.15, 0.2) is 0 Å². The zero-order valence-corrected chi connectivity index (χ0v) is 7.38. The zero-order chi connectivity index (χ0) is 8.39. The van der Waals surface area contributed by atoms with Crippen molar-refractivity contribution < 1.29 is 0 Å². The summed E-state index contributed by atoms with van der Waals surface area (Å²) in [6.07, 6.45) is 2.38. The standard InChI is InChI=1S/C11H13N/c1-9-5-2-3-6-10(9)11-7-4-8-12-11/h2-3,5-6H,4,7-8H2,1H3. The minimum absolute atomic E-state index is 1.02. The molecule has 0 atom stereocenters. The summed E-state index contributed by atoms with van der Waals surface area (Å²) in [5.74, 6) is 0. The summed E-state index contributed by atoms with van der Waals surface area (Å²) in [6, 6.07) is 8.48. The van der Waals surface area contributed by atoms with Crippen molar-refractivity contribution >= 4 is 5.71 Å². The van der Waals surface area contributed by atoms with Crippen LogP contribution in [0.25, 0.3) is 0 Å². The molecule has 1 aliphatic rings. The number of aryl methyl sites for hydroxylation is 1. The number of nitrogens with zero attached hydrogens (tertiary/aromatic N) is 1. The summed E-state index contributed by atoms with van der Waals surface area (Å²) < 4.78 is 0. The second kappa shape index (κ2) is 3.10. The van der Waals surface area contributed by atoms with Crippen LogP contribution in [0.2, 0.25) is 0 Å². The predicted octanol–water partition coefficient (Wildman–Crippen LogP) is 2.58. The first kappa shape index (κ1) is 7.53. The number of benzene rings is 1. The molecule has 1 aliphatic heterocycles. The van der Waals surface area contributed by atoms with Crippen molar-refractivity contribution in [3.63, 3.8) is 0 Å². The van der Waals surface area contributed by atoms with Crippen LogP contribution in [-0.4, -0.2) is 12.3 Å². The van der Waals surface area contributed by atoms with Crippen LogP contribution in [-0.2, 0) is 0 Å². The van der Waals surface area contributed by atoms with E-state index in [0.717, 1.165) is 13.0 Å². The molecule has 0 aliphatic carbocycles. The van der Waals surface area contributed by atoms with E-state index in [-0.39, 0.29) is 0 Å². The van der Waals surface area contributed by atoms with Gasteiger partial charge in [-0.25, -0.2) is 0 Å². The van der Waals surface area contributed by atoms with Crippen LogP contribution < -0.4 is 0 Å². The molecule has 0 unspecified atom stereocenters. The van der Waals surface area contributed by atoms with Crippen molar-refractivity contribution in [3.8, 4) is 0 Å². The average molecular weight is 159 g/mol. The number of rotatable bonds is 1. The Labute approximate surface area is 73.1 Å². The summed E-state index contributed by atoms with van der Waals surface area (Å²) in [7, 11) is 0. The zero-order valence-electron chi connectivity index (χ0n) is 7.38. The fourth-order valence-electron chi connectivity index (χ4n) is 1.66. The Morgan fingerprint density at radius 1 is 1.25 bits per heavy atom. The van der Waals surface area contributed by atoms with Gasteiger partial charge < -0.3 is 0 Å². The molecular formula is C11H13N. The number of hydrogen-bond acceptors (Lipinski definition) is 1. The SMILES string of the molecule is Cc1ccccc1C1=NCCC1. The van der Waals surface area contributed by atoms with Crippen LogP contribution in [0.5, 0.6) is 0 Å². The molecule has 1 heteroatoms. The highest BCUT2D eigenvalue weighted by atomic mass is 14.8. The molecule has 2 rings (SSSR count). The Morgan fingerprint density at radius 2 is 2.08 bits per heavy atom. The van der Waals surface area contributed by atoms with Gasteiger partial charge in [0, 0.05) is 12.3 Å². The van der Waals surface area contributed by atoms with Gasteiger partial charge in [-0.3, -0.25) is 4.99 Å². The molecule has 0 saturated heterocycles. The van der Waals surface area contributed by atoms with Crippen LogP contribution in [0.3, 0.4) is 0 Å². The molecule has 1 nitrogen and oxygen atoms in total. The average Bonchev–Trinajstić information content (AvgIpc) is 2.57. The largest absolute Gasteiger partial charge is 0.289 e. The second-order valence-corrected chi connectivity index (χ2v) is 3.25. The van der Waals surface area contributed by atoms with Gasteiger partial charge in [-0.15, -0.1) is 0 Å². The van der Waals surface area contributed by atoms with E-state index in [9.17, 15) is 0 Å². The van der Waals surface area contributed by atoms with Gasteiger partial charge in [0.05, 0.1) is 0 Å². The minimum atomic E-state index is 1.02. The third kappa shape index (κ3) is 1.27. The molecule has 1 heterocycles. The predicted molar refractivity (Wildman–Crippen MR) is 51.8 cm³/mol. The Kier molecular flexibility index (Phi) is 1.94. The van der Waals surface area contributed by atoms with Crippen molar-refractivity contribution in [1.29, 1.82) is 0 Å². The molecule has 62 valence electrons. The van der Waals surface area contributed by atoms with E-state index in [1.165, 1.54) is 23.3 Å². The molecule has 1 aromatic rings. The van der Waals surface area contributed by atoms with Crippen molar-refractivity contribution in [2.75, 3.05) is 6.54 Å². The maximum absolute atomic E-state index is 4.48. The lowest BCUT2D eigenvalue weighted by Gasteiger charge is -2.03. The van der Waals surface area contributed by atoms with Gasteiger partial charge in [-0.1, -0.05) is 24.3 Å². The van der Waals surface area contributed by atoms with Crippen LogP contribution in [0.4, 0.5) is 0 Å². The molecule has 0 saturated carbocycles. The third-order valence-corrected chi connectivity index (χ3v) is 2.33. The van der Waals surface area contributed by atoms with Crippen LogP contribution in [0.15, 0.2) is 29.3 Å². The van der Waals surface area contributed by atoms with Gasteiger partial charge in [0.1, 0.15) is 0 Å². The first-order valence-electron chi connectivity index (χ1n) is 4.47. The Bertz CT molecular complexity index is 313. The van der Waals surface area contributed by atoms with E-state index < -0.39 is 0 Å². The van der Waals surface area contributed by atoms with E-state index in [1.807, 2.05) is 0 Å². The summed E-state index contributed by atoms with van der Waals surface area (Å²) in [6.45, 7) is 3.17. The van der Waals surface area contributed by atoms with Crippen molar-refractivity contribution in [3.05, 3.63) is 35.4 Å². The Morgan fingerprint density at radius 3 is 2.75 bits per heavy atom. The van der Waals surface area contributed by atoms with Crippen LogP contribution >= 0.6 is 0 Å². The van der Waals surface area contributed by atoms with Gasteiger partial charge in [0.2, 0.25) is 0 Å². The molecule has 12 heavy (non-hydrogen) atoms. The fraction of sp³-hybridized carbons (Fsp3) is 0.364. The summed E-state index contributed by atoms with van der Waals surface area (Å²) >= 11 is 0. The van der Waals surface area contributed by atoms with E-state index in [2.05, 4.69) is 36.2 Å². The van der Waals surface area contributed by atoms with E-state index in [1.54, 1.807) is 0 Å². The van der Waals surface area contributed by atoms with E-state index >= 15 is 0 Å². The number of aliphatic imine (C=N–C) groups is 1. The highest BCUT2D eigenvalue weighted by Gasteiger charge is 2.09. The molecular weight excluding hydrogens is 146 g/mol. The summed E-state index contributed by atoms with van der Waals surface area (Å²) in [4.78, 5) is 4.48. The second-order valence-electron chi connectivity index (χ2n) is 3.25. The molecule has 0 spiro atoms. The smallest absolute Gasteiger partial charge is 0.0423 e. The molecule has 0 N–H and O–H groups in total. The van der Waals surface area contributed by atoms with Gasteiger partial charge in [0.25, 0.3) is 0 Å². The Balaban J connectivity index is 2.39. The van der Waals surface area contributed by atoms with Gasteiger partial charge in [-0.05, 0) is 30.9 Å². The Hall–Kier alpha value is -1.11. The van der Waals surface area contributed by atoms with Crippen molar-refractivity contribution in [2.45, 2.75) is 19.8 Å². The van der Waals surface area contributed by atoms with Crippen LogP contribution in [0, 0.1) is 6.92 Å². The minimum Gasteiger partial charge on any atom is -0.289 e. The van der Waals surface area contributed by atoms with Crippen molar-refractivity contribution in [2.24, 2.45) is 4.99 Å². The molecule has 0 amide bonds. The van der Waals surface area contributed by atoms with Gasteiger partial charge >= 0.3 is 0 Å². The molecule has 0 aromatic heterocycles. The first-order valence-corrected chi connectivity index (χ1v) is 4.47. The molecule has 0 fully saturated rings. The lowest BCUT2D eigenvalue weighted by molar-refractivity contribution is 0.951. The maximum atomic E-state index is 4.48.